The Morgan fingerprint density at radius 1 is 1.29 bits per heavy atom. The maximum Gasteiger partial charge on any atom is 0.251 e. The largest absolute Gasteiger partial charge is 0.355 e. The smallest absolute Gasteiger partial charge is 0.251 e. The molecule has 0 aromatic heterocycles. The fourth-order valence-electron chi connectivity index (χ4n) is 2.99. The van der Waals surface area contributed by atoms with Crippen LogP contribution in [0.5, 0.6) is 0 Å². The molecule has 1 saturated heterocycles. The maximum atomic E-state index is 11.5. The highest BCUT2D eigenvalue weighted by Crippen LogP contribution is 2.21. The molecule has 2 rings (SSSR count). The van der Waals surface area contributed by atoms with E-state index in [0.717, 1.165) is 13.1 Å². The molecule has 21 heavy (non-hydrogen) atoms. The highest BCUT2D eigenvalue weighted by Gasteiger charge is 2.28. The van der Waals surface area contributed by atoms with E-state index in [2.05, 4.69) is 36.4 Å². The Bertz CT molecular complexity index is 471. The zero-order valence-electron chi connectivity index (χ0n) is 13.5. The van der Waals surface area contributed by atoms with Gasteiger partial charge in [0.05, 0.1) is 0 Å². The van der Waals surface area contributed by atoms with Crippen LogP contribution in [0.2, 0.25) is 0 Å². The maximum absolute atomic E-state index is 11.5. The lowest BCUT2D eigenvalue weighted by Crippen LogP contribution is -2.50. The monoisotopic (exact) mass is 289 g/mol. The molecule has 1 heterocycles. The van der Waals surface area contributed by atoms with Gasteiger partial charge in [-0.1, -0.05) is 19.1 Å². The first-order valence-corrected chi connectivity index (χ1v) is 7.76. The first-order valence-electron chi connectivity index (χ1n) is 7.76. The fourth-order valence-corrected chi connectivity index (χ4v) is 2.99. The van der Waals surface area contributed by atoms with Gasteiger partial charge in [-0.2, -0.15) is 0 Å². The number of piperidine rings is 1. The van der Waals surface area contributed by atoms with E-state index >= 15 is 0 Å². The van der Waals surface area contributed by atoms with Gasteiger partial charge >= 0.3 is 0 Å². The lowest BCUT2D eigenvalue weighted by atomic mass is 9.89. The Labute approximate surface area is 127 Å². The van der Waals surface area contributed by atoms with E-state index < -0.39 is 0 Å². The highest BCUT2D eigenvalue weighted by atomic mass is 16.1. The van der Waals surface area contributed by atoms with Crippen molar-refractivity contribution in [3.05, 3.63) is 35.4 Å². The Kier molecular flexibility index (Phi) is 5.37. The van der Waals surface area contributed by atoms with Gasteiger partial charge in [0.2, 0.25) is 0 Å². The molecule has 1 amide bonds. The summed E-state index contributed by atoms with van der Waals surface area (Å²) >= 11 is 0. The third-order valence-corrected chi connectivity index (χ3v) is 4.62. The third kappa shape index (κ3) is 4.05. The van der Waals surface area contributed by atoms with E-state index in [1.165, 1.54) is 12.0 Å². The van der Waals surface area contributed by atoms with E-state index in [-0.39, 0.29) is 5.91 Å². The van der Waals surface area contributed by atoms with Gasteiger partial charge in [0, 0.05) is 37.8 Å². The molecule has 1 aliphatic rings. The molecule has 0 bridgehead atoms. The fraction of sp³-hybridized carbons (Fsp3) is 0.588. The van der Waals surface area contributed by atoms with Gasteiger partial charge in [0.15, 0.2) is 0 Å². The molecule has 2 N–H and O–H groups in total. The van der Waals surface area contributed by atoms with Crippen molar-refractivity contribution in [1.29, 1.82) is 0 Å². The Hall–Kier alpha value is -1.39. The summed E-state index contributed by atoms with van der Waals surface area (Å²) in [5.41, 5.74) is 1.93. The number of benzene rings is 1. The van der Waals surface area contributed by atoms with Crippen LogP contribution in [0.15, 0.2) is 24.3 Å². The van der Waals surface area contributed by atoms with Crippen LogP contribution in [-0.2, 0) is 6.54 Å². The molecule has 4 nitrogen and oxygen atoms in total. The SMILES string of the molecule is CNC(=O)c1ccc(CNC2CC(C)N(C)CC2C)cc1. The second-order valence-electron chi connectivity index (χ2n) is 6.27. The highest BCUT2D eigenvalue weighted by molar-refractivity contribution is 5.93. The second-order valence-corrected chi connectivity index (χ2v) is 6.27. The summed E-state index contributed by atoms with van der Waals surface area (Å²) in [7, 11) is 3.86. The molecule has 0 radical (unpaired) electrons. The first kappa shape index (κ1) is 16.0. The van der Waals surface area contributed by atoms with E-state index in [1.807, 2.05) is 24.3 Å². The standard InChI is InChI=1S/C17H27N3O/c1-12-11-20(4)13(2)9-16(12)19-10-14-5-7-15(8-6-14)17(21)18-3/h5-8,12-13,16,19H,9-11H2,1-4H3,(H,18,21). The summed E-state index contributed by atoms with van der Waals surface area (Å²) in [5, 5.41) is 6.31. The summed E-state index contributed by atoms with van der Waals surface area (Å²) in [6.45, 7) is 6.61. The average molecular weight is 289 g/mol. The van der Waals surface area contributed by atoms with Crippen LogP contribution in [0.3, 0.4) is 0 Å². The number of likely N-dealkylation sites (tertiary alicyclic amines) is 1. The number of carbonyl (C=O) groups is 1. The topological polar surface area (TPSA) is 44.4 Å². The van der Waals surface area contributed by atoms with Crippen molar-refractivity contribution < 1.29 is 4.79 Å². The lowest BCUT2D eigenvalue weighted by Gasteiger charge is -2.40. The first-order chi connectivity index (χ1) is 10.0. The number of amides is 1. The van der Waals surface area contributed by atoms with Gasteiger partial charge in [0.25, 0.3) is 5.91 Å². The van der Waals surface area contributed by atoms with Crippen LogP contribution in [0, 0.1) is 5.92 Å². The minimum Gasteiger partial charge on any atom is -0.355 e. The summed E-state index contributed by atoms with van der Waals surface area (Å²) in [5.74, 6) is 0.628. The number of nitrogens with one attached hydrogen (secondary N) is 2. The number of nitrogens with zero attached hydrogens (tertiary/aromatic N) is 1. The zero-order valence-corrected chi connectivity index (χ0v) is 13.5. The van der Waals surface area contributed by atoms with Crippen molar-refractivity contribution in [2.24, 2.45) is 5.92 Å². The van der Waals surface area contributed by atoms with E-state index in [4.69, 9.17) is 0 Å². The Morgan fingerprint density at radius 2 is 1.95 bits per heavy atom. The van der Waals surface area contributed by atoms with Gasteiger partial charge in [-0.05, 0) is 44.0 Å². The van der Waals surface area contributed by atoms with Crippen LogP contribution in [0.1, 0.15) is 36.2 Å². The minimum atomic E-state index is -0.0349. The van der Waals surface area contributed by atoms with Crippen molar-refractivity contribution in [2.45, 2.75) is 38.9 Å². The molecule has 3 unspecified atom stereocenters. The van der Waals surface area contributed by atoms with Crippen LogP contribution in [0.4, 0.5) is 0 Å². The Morgan fingerprint density at radius 3 is 2.57 bits per heavy atom. The van der Waals surface area contributed by atoms with Gasteiger partial charge in [-0.3, -0.25) is 4.79 Å². The van der Waals surface area contributed by atoms with Crippen LogP contribution < -0.4 is 10.6 Å². The molecule has 0 saturated carbocycles. The van der Waals surface area contributed by atoms with E-state index in [1.54, 1.807) is 7.05 Å². The second kappa shape index (κ2) is 7.05. The number of rotatable bonds is 4. The molecule has 1 aromatic rings. The Balaban J connectivity index is 1.89. The quantitative estimate of drug-likeness (QED) is 0.889. The summed E-state index contributed by atoms with van der Waals surface area (Å²) < 4.78 is 0. The molecule has 1 aliphatic heterocycles. The normalized spacial score (nSPS) is 26.6. The molecule has 3 atom stereocenters. The van der Waals surface area contributed by atoms with Crippen LogP contribution >= 0.6 is 0 Å². The van der Waals surface area contributed by atoms with Crippen LogP contribution in [0.25, 0.3) is 0 Å². The third-order valence-electron chi connectivity index (χ3n) is 4.62. The van der Waals surface area contributed by atoms with Gasteiger partial charge in [0.1, 0.15) is 0 Å². The lowest BCUT2D eigenvalue weighted by molar-refractivity contribution is 0.0963. The van der Waals surface area contributed by atoms with Crippen molar-refractivity contribution in [3.63, 3.8) is 0 Å². The molecule has 0 spiro atoms. The predicted octanol–water partition coefficient (Wildman–Crippen LogP) is 1.86. The van der Waals surface area contributed by atoms with Gasteiger partial charge in [-0.25, -0.2) is 0 Å². The molecular formula is C17H27N3O. The molecule has 1 fully saturated rings. The minimum absolute atomic E-state index is 0.0349. The van der Waals surface area contributed by atoms with E-state index in [9.17, 15) is 4.79 Å². The summed E-state index contributed by atoms with van der Waals surface area (Å²) in [6.07, 6.45) is 1.19. The molecule has 4 heteroatoms. The summed E-state index contributed by atoms with van der Waals surface area (Å²) in [6, 6.07) is 9.03. The summed E-state index contributed by atoms with van der Waals surface area (Å²) in [4.78, 5) is 13.9. The number of hydrogen-bond donors (Lipinski definition) is 2. The van der Waals surface area contributed by atoms with Crippen molar-refractivity contribution in [3.8, 4) is 0 Å². The van der Waals surface area contributed by atoms with Gasteiger partial charge in [-0.15, -0.1) is 0 Å². The number of carbonyl (C=O) groups excluding carboxylic acids is 1. The predicted molar refractivity (Wildman–Crippen MR) is 86.3 cm³/mol. The van der Waals surface area contributed by atoms with Crippen LogP contribution in [-0.4, -0.2) is 43.5 Å². The molecule has 0 aliphatic carbocycles. The number of hydrogen-bond acceptors (Lipinski definition) is 3. The average Bonchev–Trinajstić information content (AvgIpc) is 2.49. The molecular weight excluding hydrogens is 262 g/mol. The van der Waals surface area contributed by atoms with Crippen molar-refractivity contribution in [2.75, 3.05) is 20.6 Å². The molecule has 116 valence electrons. The van der Waals surface area contributed by atoms with Crippen molar-refractivity contribution >= 4 is 5.91 Å². The van der Waals surface area contributed by atoms with E-state index in [0.29, 0.717) is 23.6 Å². The zero-order chi connectivity index (χ0) is 15.4. The van der Waals surface area contributed by atoms with Gasteiger partial charge < -0.3 is 15.5 Å². The molecule has 1 aromatic carbocycles. The van der Waals surface area contributed by atoms with Crippen molar-refractivity contribution in [1.82, 2.24) is 15.5 Å².